The summed E-state index contributed by atoms with van der Waals surface area (Å²) < 4.78 is 4.69. The molecular weight excluding hydrogens is 366 g/mol. The van der Waals surface area contributed by atoms with Crippen LogP contribution in [-0.4, -0.2) is 28.2 Å². The van der Waals surface area contributed by atoms with E-state index in [0.717, 1.165) is 5.56 Å². The van der Waals surface area contributed by atoms with Crippen molar-refractivity contribution in [1.29, 1.82) is 0 Å². The van der Waals surface area contributed by atoms with Gasteiger partial charge in [-0.25, -0.2) is 14.8 Å². The molecule has 0 spiro atoms. The van der Waals surface area contributed by atoms with E-state index in [1.54, 1.807) is 12.4 Å². The van der Waals surface area contributed by atoms with E-state index in [1.807, 2.05) is 25.1 Å². The maximum atomic E-state index is 11.8. The summed E-state index contributed by atoms with van der Waals surface area (Å²) in [7, 11) is 1.25. The van der Waals surface area contributed by atoms with Gasteiger partial charge in [0.05, 0.1) is 17.7 Å². The van der Waals surface area contributed by atoms with Crippen LogP contribution >= 0.6 is 11.6 Å². The highest BCUT2D eigenvalue weighted by Crippen LogP contribution is 2.33. The van der Waals surface area contributed by atoms with Crippen LogP contribution in [0.25, 0.3) is 11.1 Å². The Labute approximate surface area is 161 Å². The number of nitrogens with zero attached hydrogens (tertiary/aromatic N) is 2. The molecule has 2 N–H and O–H groups in total. The lowest BCUT2D eigenvalue weighted by Gasteiger charge is -2.09. The van der Waals surface area contributed by atoms with E-state index in [-0.39, 0.29) is 16.3 Å². The van der Waals surface area contributed by atoms with Gasteiger partial charge < -0.3 is 15.2 Å². The number of hydrogen-bond donors (Lipinski definition) is 2. The van der Waals surface area contributed by atoms with E-state index < -0.39 is 5.97 Å². The summed E-state index contributed by atoms with van der Waals surface area (Å²) >= 11 is 5.97. The van der Waals surface area contributed by atoms with Crippen molar-refractivity contribution in [3.8, 4) is 16.9 Å². The van der Waals surface area contributed by atoms with E-state index in [4.69, 9.17) is 11.6 Å². The number of hydrogen-bond acceptors (Lipinski definition) is 6. The van der Waals surface area contributed by atoms with Crippen LogP contribution in [0, 0.1) is 6.92 Å². The third-order valence-electron chi connectivity index (χ3n) is 3.98. The molecule has 0 aliphatic carbocycles. The van der Waals surface area contributed by atoms with Crippen molar-refractivity contribution in [1.82, 2.24) is 9.97 Å². The van der Waals surface area contributed by atoms with Crippen LogP contribution in [-0.2, 0) is 11.3 Å². The number of carbonyl (C=O) groups excluding carboxylic acids is 1. The molecule has 0 atom stereocenters. The summed E-state index contributed by atoms with van der Waals surface area (Å²) in [6.45, 7) is 2.65. The number of esters is 1. The van der Waals surface area contributed by atoms with Crippen molar-refractivity contribution in [3.05, 3.63) is 70.5 Å². The zero-order valence-corrected chi connectivity index (χ0v) is 15.6. The molecule has 3 aromatic rings. The highest BCUT2D eigenvalue weighted by molar-refractivity contribution is 6.35. The second kappa shape index (κ2) is 8.05. The molecule has 0 unspecified atom stereocenters. The Morgan fingerprint density at radius 1 is 1.19 bits per heavy atom. The number of aromatic hydroxyl groups is 1. The fourth-order valence-electron chi connectivity index (χ4n) is 2.61. The zero-order chi connectivity index (χ0) is 19.4. The van der Waals surface area contributed by atoms with Gasteiger partial charge in [-0.3, -0.25) is 0 Å². The molecule has 0 aliphatic rings. The number of rotatable bonds is 5. The molecule has 1 aromatic heterocycles. The van der Waals surface area contributed by atoms with Crippen LogP contribution in [0.4, 0.5) is 5.95 Å². The van der Waals surface area contributed by atoms with E-state index in [9.17, 15) is 9.90 Å². The summed E-state index contributed by atoms with van der Waals surface area (Å²) in [6.07, 6.45) is 3.21. The van der Waals surface area contributed by atoms with Crippen molar-refractivity contribution in [2.75, 3.05) is 12.4 Å². The molecule has 2 aromatic carbocycles. The van der Waals surface area contributed by atoms with Crippen LogP contribution in [0.5, 0.6) is 5.75 Å². The van der Waals surface area contributed by atoms with Gasteiger partial charge in [0.15, 0.2) is 0 Å². The largest absolute Gasteiger partial charge is 0.506 e. The van der Waals surface area contributed by atoms with Crippen molar-refractivity contribution in [2.24, 2.45) is 0 Å². The molecule has 0 amide bonds. The second-order valence-corrected chi connectivity index (χ2v) is 6.36. The molecule has 0 saturated carbocycles. The van der Waals surface area contributed by atoms with E-state index >= 15 is 0 Å². The predicted molar refractivity (Wildman–Crippen MR) is 104 cm³/mol. The van der Waals surface area contributed by atoms with Crippen molar-refractivity contribution < 1.29 is 14.6 Å². The molecule has 0 bridgehead atoms. The topological polar surface area (TPSA) is 84.3 Å². The number of nitrogens with one attached hydrogen (secondary N) is 1. The average molecular weight is 384 g/mol. The van der Waals surface area contributed by atoms with Crippen LogP contribution in [0.3, 0.4) is 0 Å². The van der Waals surface area contributed by atoms with Crippen LogP contribution in [0.1, 0.15) is 21.5 Å². The van der Waals surface area contributed by atoms with Gasteiger partial charge in [-0.1, -0.05) is 41.4 Å². The minimum Gasteiger partial charge on any atom is -0.506 e. The smallest absolute Gasteiger partial charge is 0.339 e. The van der Waals surface area contributed by atoms with Crippen molar-refractivity contribution >= 4 is 23.5 Å². The molecule has 6 nitrogen and oxygen atoms in total. The van der Waals surface area contributed by atoms with Crippen LogP contribution in [0.15, 0.2) is 48.8 Å². The standard InChI is InChI=1S/C20H18ClN3O3/c1-12-4-3-5-13(6-12)9-22-20-23-10-15(11-24-20)14-7-16(19(26)27-2)18(21)17(25)8-14/h3-8,10-11,25H,9H2,1-2H3,(H,22,23,24). The maximum absolute atomic E-state index is 11.8. The predicted octanol–water partition coefficient (Wildman–Crippen LogP) is 4.21. The first kappa shape index (κ1) is 18.7. The SMILES string of the molecule is COC(=O)c1cc(-c2cnc(NCc3cccc(C)c3)nc2)cc(O)c1Cl. The van der Waals surface area contributed by atoms with Gasteiger partial charge >= 0.3 is 5.97 Å². The molecule has 1 heterocycles. The van der Waals surface area contributed by atoms with Gasteiger partial charge in [0.25, 0.3) is 0 Å². The number of benzene rings is 2. The lowest BCUT2D eigenvalue weighted by molar-refractivity contribution is 0.0600. The van der Waals surface area contributed by atoms with E-state index in [1.165, 1.54) is 24.8 Å². The first-order chi connectivity index (χ1) is 13.0. The van der Waals surface area contributed by atoms with Crippen molar-refractivity contribution in [3.63, 3.8) is 0 Å². The number of aromatic nitrogens is 2. The molecule has 138 valence electrons. The number of ether oxygens (including phenoxy) is 1. The molecular formula is C20H18ClN3O3. The molecule has 27 heavy (non-hydrogen) atoms. The summed E-state index contributed by atoms with van der Waals surface area (Å²) in [4.78, 5) is 20.4. The average Bonchev–Trinajstić information content (AvgIpc) is 2.68. The lowest BCUT2D eigenvalue weighted by atomic mass is 10.1. The Bertz CT molecular complexity index is 975. The molecule has 7 heteroatoms. The molecule has 0 aliphatic heterocycles. The third kappa shape index (κ3) is 4.35. The maximum Gasteiger partial charge on any atom is 0.339 e. The minimum absolute atomic E-state index is 0.0528. The van der Waals surface area contributed by atoms with Crippen molar-refractivity contribution in [2.45, 2.75) is 13.5 Å². The quantitative estimate of drug-likeness (QED) is 0.642. The Hall–Kier alpha value is -3.12. The second-order valence-electron chi connectivity index (χ2n) is 5.99. The van der Waals surface area contributed by atoms with Gasteiger partial charge in [0.2, 0.25) is 5.95 Å². The number of aryl methyl sites for hydroxylation is 1. The van der Waals surface area contributed by atoms with Gasteiger partial charge in [-0.2, -0.15) is 0 Å². The summed E-state index contributed by atoms with van der Waals surface area (Å²) in [5.74, 6) is -0.364. The highest BCUT2D eigenvalue weighted by Gasteiger charge is 2.16. The summed E-state index contributed by atoms with van der Waals surface area (Å²) in [5, 5.41) is 13.1. The number of methoxy groups -OCH3 is 1. The fraction of sp³-hybridized carbons (Fsp3) is 0.150. The Balaban J connectivity index is 1.79. The number of anilines is 1. The van der Waals surface area contributed by atoms with Gasteiger partial charge in [0, 0.05) is 24.5 Å². The molecule has 0 saturated heterocycles. The van der Waals surface area contributed by atoms with E-state index in [2.05, 4.69) is 26.1 Å². The van der Waals surface area contributed by atoms with Gasteiger partial charge in [-0.05, 0) is 30.2 Å². The Kier molecular flexibility index (Phi) is 5.57. The molecule has 3 rings (SSSR count). The highest BCUT2D eigenvalue weighted by atomic mass is 35.5. The number of halogens is 1. The Morgan fingerprint density at radius 2 is 1.93 bits per heavy atom. The monoisotopic (exact) mass is 383 g/mol. The third-order valence-corrected chi connectivity index (χ3v) is 4.37. The first-order valence-electron chi connectivity index (χ1n) is 8.20. The molecule has 0 fully saturated rings. The van der Waals surface area contributed by atoms with Gasteiger partial charge in [0.1, 0.15) is 5.75 Å². The molecule has 0 radical (unpaired) electrons. The van der Waals surface area contributed by atoms with Crippen LogP contribution in [0.2, 0.25) is 5.02 Å². The lowest BCUT2D eigenvalue weighted by Crippen LogP contribution is -2.04. The Morgan fingerprint density at radius 3 is 2.59 bits per heavy atom. The van der Waals surface area contributed by atoms with E-state index in [0.29, 0.717) is 23.6 Å². The summed E-state index contributed by atoms with van der Waals surface area (Å²) in [6, 6.07) is 11.1. The first-order valence-corrected chi connectivity index (χ1v) is 8.58. The fourth-order valence-corrected chi connectivity index (χ4v) is 2.79. The zero-order valence-electron chi connectivity index (χ0n) is 14.9. The summed E-state index contributed by atoms with van der Waals surface area (Å²) in [5.41, 5.74) is 3.59. The number of phenols is 1. The minimum atomic E-state index is -0.630. The number of carbonyl (C=O) groups is 1. The normalized spacial score (nSPS) is 10.5. The van der Waals surface area contributed by atoms with Crippen LogP contribution < -0.4 is 5.32 Å². The van der Waals surface area contributed by atoms with Gasteiger partial charge in [-0.15, -0.1) is 0 Å². The number of phenolic OH excluding ortho intramolecular Hbond substituents is 1.